The molecular formula is C13H18N2O2. The highest BCUT2D eigenvalue weighted by Gasteiger charge is 2.04. The van der Waals surface area contributed by atoms with Crippen LogP contribution in [0, 0.1) is 17.2 Å². The van der Waals surface area contributed by atoms with Crippen molar-refractivity contribution in [2.45, 2.75) is 13.5 Å². The number of nitrogens with one attached hydrogen (secondary N) is 1. The normalized spacial score (nSPS) is 11.6. The molecule has 1 rings (SSSR count). The van der Waals surface area contributed by atoms with Gasteiger partial charge in [0.15, 0.2) is 11.5 Å². The first-order chi connectivity index (χ1) is 8.21. The minimum Gasteiger partial charge on any atom is -0.493 e. The van der Waals surface area contributed by atoms with E-state index in [0.717, 1.165) is 17.1 Å². The molecule has 0 aromatic heterocycles. The summed E-state index contributed by atoms with van der Waals surface area (Å²) in [4.78, 5) is 0. The van der Waals surface area contributed by atoms with Gasteiger partial charge in [-0.1, -0.05) is 6.07 Å². The lowest BCUT2D eigenvalue weighted by atomic mass is 10.1. The summed E-state index contributed by atoms with van der Waals surface area (Å²) in [6.07, 6.45) is 0. The predicted molar refractivity (Wildman–Crippen MR) is 66.0 cm³/mol. The highest BCUT2D eigenvalue weighted by Crippen LogP contribution is 2.27. The number of methoxy groups -OCH3 is 2. The van der Waals surface area contributed by atoms with Gasteiger partial charge in [0.05, 0.1) is 26.2 Å². The molecule has 1 aromatic carbocycles. The summed E-state index contributed by atoms with van der Waals surface area (Å²) in [6.45, 7) is 3.29. The van der Waals surface area contributed by atoms with Crippen LogP contribution in [0.2, 0.25) is 0 Å². The van der Waals surface area contributed by atoms with Crippen LogP contribution in [0.25, 0.3) is 0 Å². The Morgan fingerprint density at radius 1 is 1.29 bits per heavy atom. The maximum atomic E-state index is 8.66. The van der Waals surface area contributed by atoms with Gasteiger partial charge in [0, 0.05) is 13.1 Å². The van der Waals surface area contributed by atoms with Crippen LogP contribution in [0.15, 0.2) is 18.2 Å². The van der Waals surface area contributed by atoms with E-state index in [0.29, 0.717) is 13.1 Å². The molecule has 0 heterocycles. The molecule has 17 heavy (non-hydrogen) atoms. The summed E-state index contributed by atoms with van der Waals surface area (Å²) >= 11 is 0. The summed E-state index contributed by atoms with van der Waals surface area (Å²) in [7, 11) is 3.23. The van der Waals surface area contributed by atoms with E-state index in [9.17, 15) is 0 Å². The molecule has 0 fully saturated rings. The van der Waals surface area contributed by atoms with E-state index < -0.39 is 0 Å². The zero-order valence-electron chi connectivity index (χ0n) is 10.5. The van der Waals surface area contributed by atoms with Gasteiger partial charge < -0.3 is 14.8 Å². The third kappa shape index (κ3) is 3.97. The second-order valence-electron chi connectivity index (χ2n) is 3.85. The van der Waals surface area contributed by atoms with Crippen LogP contribution in [0.1, 0.15) is 12.5 Å². The van der Waals surface area contributed by atoms with E-state index in [1.165, 1.54) is 0 Å². The molecule has 0 aliphatic heterocycles. The molecule has 0 spiro atoms. The Labute approximate surface area is 102 Å². The van der Waals surface area contributed by atoms with Gasteiger partial charge in [-0.25, -0.2) is 0 Å². The van der Waals surface area contributed by atoms with Gasteiger partial charge in [-0.3, -0.25) is 0 Å². The highest BCUT2D eigenvalue weighted by atomic mass is 16.5. The average Bonchev–Trinajstić information content (AvgIpc) is 2.38. The third-order valence-electron chi connectivity index (χ3n) is 2.45. The molecule has 1 atom stereocenters. The highest BCUT2D eigenvalue weighted by molar-refractivity contribution is 5.42. The molecular weight excluding hydrogens is 216 g/mol. The molecule has 0 unspecified atom stereocenters. The Hall–Kier alpha value is -1.73. The first-order valence-corrected chi connectivity index (χ1v) is 5.52. The Morgan fingerprint density at radius 3 is 2.59 bits per heavy atom. The topological polar surface area (TPSA) is 54.3 Å². The number of nitriles is 1. The molecule has 0 aliphatic carbocycles. The number of hydrogen-bond acceptors (Lipinski definition) is 4. The van der Waals surface area contributed by atoms with Crippen LogP contribution in [0.4, 0.5) is 0 Å². The van der Waals surface area contributed by atoms with Crippen LogP contribution in [-0.2, 0) is 6.54 Å². The molecule has 1 aromatic rings. The Morgan fingerprint density at radius 2 is 2.00 bits per heavy atom. The first kappa shape index (κ1) is 13.3. The Bertz CT molecular complexity index is 399. The Balaban J connectivity index is 2.58. The zero-order chi connectivity index (χ0) is 12.7. The van der Waals surface area contributed by atoms with Gasteiger partial charge >= 0.3 is 0 Å². The smallest absolute Gasteiger partial charge is 0.161 e. The summed E-state index contributed by atoms with van der Waals surface area (Å²) in [6, 6.07) is 7.97. The van der Waals surface area contributed by atoms with E-state index in [2.05, 4.69) is 11.4 Å². The van der Waals surface area contributed by atoms with Crippen molar-refractivity contribution >= 4 is 0 Å². The van der Waals surface area contributed by atoms with Crippen LogP contribution < -0.4 is 14.8 Å². The summed E-state index contributed by atoms with van der Waals surface area (Å²) in [5, 5.41) is 11.9. The van der Waals surface area contributed by atoms with Gasteiger partial charge in [-0.15, -0.1) is 0 Å². The van der Waals surface area contributed by atoms with Crippen LogP contribution in [-0.4, -0.2) is 20.8 Å². The molecule has 4 heteroatoms. The summed E-state index contributed by atoms with van der Waals surface area (Å²) in [5.74, 6) is 1.47. The quantitative estimate of drug-likeness (QED) is 0.817. The van der Waals surface area contributed by atoms with E-state index in [1.54, 1.807) is 14.2 Å². The maximum Gasteiger partial charge on any atom is 0.161 e. The molecule has 0 aliphatic rings. The van der Waals surface area contributed by atoms with Crippen LogP contribution in [0.3, 0.4) is 0 Å². The minimum absolute atomic E-state index is 0.0233. The van der Waals surface area contributed by atoms with Crippen LogP contribution in [0.5, 0.6) is 11.5 Å². The first-order valence-electron chi connectivity index (χ1n) is 5.52. The molecule has 1 N–H and O–H groups in total. The average molecular weight is 234 g/mol. The van der Waals surface area contributed by atoms with Crippen molar-refractivity contribution in [2.24, 2.45) is 5.92 Å². The SMILES string of the molecule is COc1ccc(CNC[C@H](C)C#N)cc1OC. The number of rotatable bonds is 6. The van der Waals surface area contributed by atoms with Crippen molar-refractivity contribution < 1.29 is 9.47 Å². The van der Waals surface area contributed by atoms with Gasteiger partial charge in [0.2, 0.25) is 0 Å². The third-order valence-corrected chi connectivity index (χ3v) is 2.45. The van der Waals surface area contributed by atoms with E-state index in [-0.39, 0.29) is 5.92 Å². The van der Waals surface area contributed by atoms with Crippen molar-refractivity contribution in [3.63, 3.8) is 0 Å². The second kappa shape index (κ2) is 6.77. The monoisotopic (exact) mass is 234 g/mol. The summed E-state index contributed by atoms with van der Waals surface area (Å²) < 4.78 is 10.4. The van der Waals surface area contributed by atoms with Crippen molar-refractivity contribution in [2.75, 3.05) is 20.8 Å². The van der Waals surface area contributed by atoms with Gasteiger partial charge in [0.1, 0.15) is 0 Å². The van der Waals surface area contributed by atoms with Gasteiger partial charge in [-0.2, -0.15) is 5.26 Å². The van der Waals surface area contributed by atoms with E-state index >= 15 is 0 Å². The minimum atomic E-state index is 0.0233. The molecule has 0 bridgehead atoms. The Kier molecular flexibility index (Phi) is 5.31. The van der Waals surface area contributed by atoms with Crippen molar-refractivity contribution in [3.05, 3.63) is 23.8 Å². The standard InChI is InChI=1S/C13H18N2O2/c1-10(7-14)8-15-9-11-4-5-12(16-2)13(6-11)17-3/h4-6,10,15H,8-9H2,1-3H3/t10-/m1/s1. The zero-order valence-corrected chi connectivity index (χ0v) is 10.5. The van der Waals surface area contributed by atoms with E-state index in [4.69, 9.17) is 14.7 Å². The lowest BCUT2D eigenvalue weighted by molar-refractivity contribution is 0.354. The maximum absolute atomic E-state index is 8.66. The molecule has 0 radical (unpaired) electrons. The van der Waals surface area contributed by atoms with Crippen molar-refractivity contribution in [1.29, 1.82) is 5.26 Å². The van der Waals surface area contributed by atoms with E-state index in [1.807, 2.05) is 25.1 Å². The predicted octanol–water partition coefficient (Wildman–Crippen LogP) is 1.95. The number of hydrogen-bond donors (Lipinski definition) is 1. The number of ether oxygens (including phenoxy) is 2. The largest absolute Gasteiger partial charge is 0.493 e. The lowest BCUT2D eigenvalue weighted by Gasteiger charge is -2.10. The van der Waals surface area contributed by atoms with Crippen molar-refractivity contribution in [1.82, 2.24) is 5.32 Å². The fourth-order valence-corrected chi connectivity index (χ4v) is 1.47. The van der Waals surface area contributed by atoms with Gasteiger partial charge in [0.25, 0.3) is 0 Å². The van der Waals surface area contributed by atoms with Crippen LogP contribution >= 0.6 is 0 Å². The number of nitrogens with zero attached hydrogens (tertiary/aromatic N) is 1. The fourth-order valence-electron chi connectivity index (χ4n) is 1.47. The number of benzene rings is 1. The fraction of sp³-hybridized carbons (Fsp3) is 0.462. The molecule has 0 saturated carbocycles. The second-order valence-corrected chi connectivity index (χ2v) is 3.85. The molecule has 0 amide bonds. The lowest BCUT2D eigenvalue weighted by Crippen LogP contribution is -2.19. The molecule has 4 nitrogen and oxygen atoms in total. The van der Waals surface area contributed by atoms with Crippen molar-refractivity contribution in [3.8, 4) is 17.6 Å². The van der Waals surface area contributed by atoms with Gasteiger partial charge in [-0.05, 0) is 24.6 Å². The summed E-state index contributed by atoms with van der Waals surface area (Å²) in [5.41, 5.74) is 1.10. The molecule has 92 valence electrons. The molecule has 0 saturated heterocycles.